The van der Waals surface area contributed by atoms with Gasteiger partial charge in [-0.15, -0.1) is 5.10 Å². The standard InChI is InChI=1S/C28H29N5O5/c1-18-25(30-27(36)26-29-23(31-32-26)17-19-10-7-5-8-11-19)28(37)33(2)21-16-20(14-15-22(21)38-18)12-6-3-4-9-13-24(34)35/h5,7-8,10-11,14-16,18,25H,3-4,9,13,17H2,1-2H3,(H,30,36)(H,34,35)(H,29,31,32)/t18-,25+/m1/s1. The molecule has 0 bridgehead atoms. The van der Waals surface area contributed by atoms with Gasteiger partial charge in [-0.1, -0.05) is 42.2 Å². The summed E-state index contributed by atoms with van der Waals surface area (Å²) in [5.41, 5.74) is 2.27. The lowest BCUT2D eigenvalue weighted by Crippen LogP contribution is -2.53. The summed E-state index contributed by atoms with van der Waals surface area (Å²) in [7, 11) is 1.62. The summed E-state index contributed by atoms with van der Waals surface area (Å²) in [5, 5.41) is 18.2. The average Bonchev–Trinajstić information content (AvgIpc) is 3.35. The Bertz CT molecular complexity index is 1380. The summed E-state index contributed by atoms with van der Waals surface area (Å²) in [6.07, 6.45) is 1.83. The molecule has 38 heavy (non-hydrogen) atoms. The van der Waals surface area contributed by atoms with E-state index in [0.29, 0.717) is 48.5 Å². The van der Waals surface area contributed by atoms with Gasteiger partial charge in [0.05, 0.1) is 5.69 Å². The van der Waals surface area contributed by atoms with Crippen molar-refractivity contribution in [2.75, 3.05) is 11.9 Å². The first-order valence-electron chi connectivity index (χ1n) is 12.4. The Balaban J connectivity index is 1.42. The molecule has 0 saturated carbocycles. The molecule has 4 rings (SSSR count). The number of likely N-dealkylation sites (N-methyl/N-ethyl adjacent to an activating group) is 1. The van der Waals surface area contributed by atoms with Gasteiger partial charge in [0, 0.05) is 31.9 Å². The Morgan fingerprint density at radius 1 is 1.18 bits per heavy atom. The van der Waals surface area contributed by atoms with Crippen LogP contribution in [-0.2, 0) is 16.0 Å². The predicted molar refractivity (Wildman–Crippen MR) is 140 cm³/mol. The van der Waals surface area contributed by atoms with E-state index in [9.17, 15) is 14.4 Å². The van der Waals surface area contributed by atoms with Crippen LogP contribution in [0.2, 0.25) is 0 Å². The minimum absolute atomic E-state index is 0.0544. The maximum Gasteiger partial charge on any atom is 0.303 e. The monoisotopic (exact) mass is 515 g/mol. The number of hydrogen-bond donors (Lipinski definition) is 3. The van der Waals surface area contributed by atoms with Gasteiger partial charge in [0.25, 0.3) is 11.8 Å². The number of aromatic amines is 1. The molecule has 0 radical (unpaired) electrons. The number of benzene rings is 2. The highest BCUT2D eigenvalue weighted by Gasteiger charge is 2.36. The van der Waals surface area contributed by atoms with Crippen LogP contribution in [0.5, 0.6) is 5.75 Å². The first-order valence-corrected chi connectivity index (χ1v) is 12.4. The summed E-state index contributed by atoms with van der Waals surface area (Å²) < 4.78 is 6.04. The number of nitrogens with zero attached hydrogens (tertiary/aromatic N) is 3. The van der Waals surface area contributed by atoms with E-state index < -0.39 is 24.0 Å². The van der Waals surface area contributed by atoms with Gasteiger partial charge in [-0.2, -0.15) is 0 Å². The van der Waals surface area contributed by atoms with E-state index in [2.05, 4.69) is 32.3 Å². The van der Waals surface area contributed by atoms with Crippen LogP contribution in [0.25, 0.3) is 0 Å². The number of amides is 2. The lowest BCUT2D eigenvalue weighted by Gasteiger charge is -2.23. The molecule has 1 aliphatic rings. The van der Waals surface area contributed by atoms with Crippen LogP contribution in [-0.4, -0.2) is 57.3 Å². The number of rotatable bonds is 8. The molecule has 10 heteroatoms. The number of unbranched alkanes of at least 4 members (excludes halogenated alkanes) is 2. The first kappa shape index (κ1) is 26.4. The molecule has 1 aliphatic heterocycles. The van der Waals surface area contributed by atoms with Crippen molar-refractivity contribution in [3.05, 3.63) is 71.3 Å². The number of aromatic nitrogens is 3. The number of carboxylic acids is 1. The second-order valence-corrected chi connectivity index (χ2v) is 9.02. The van der Waals surface area contributed by atoms with Crippen LogP contribution < -0.4 is 15.0 Å². The molecule has 2 atom stereocenters. The second kappa shape index (κ2) is 12.1. The topological polar surface area (TPSA) is 138 Å². The Labute approximate surface area is 220 Å². The number of nitrogens with one attached hydrogen (secondary N) is 2. The predicted octanol–water partition coefficient (Wildman–Crippen LogP) is 2.93. The number of carboxylic acid groups (broad SMARTS) is 1. The molecule has 0 saturated heterocycles. The first-order chi connectivity index (χ1) is 18.3. The molecule has 3 N–H and O–H groups in total. The molecule has 2 heterocycles. The third-order valence-electron chi connectivity index (χ3n) is 6.11. The Kier molecular flexibility index (Phi) is 8.38. The molecule has 2 amide bonds. The molecule has 0 fully saturated rings. The van der Waals surface area contributed by atoms with Gasteiger partial charge in [-0.25, -0.2) is 4.98 Å². The van der Waals surface area contributed by atoms with Crippen molar-refractivity contribution in [2.45, 2.75) is 51.2 Å². The van der Waals surface area contributed by atoms with Crippen molar-refractivity contribution < 1.29 is 24.2 Å². The molecule has 1 aromatic heterocycles. The number of carbonyl (C=O) groups is 3. The van der Waals surface area contributed by atoms with Gasteiger partial charge in [-0.05, 0) is 43.5 Å². The van der Waals surface area contributed by atoms with Crippen molar-refractivity contribution in [3.63, 3.8) is 0 Å². The van der Waals surface area contributed by atoms with E-state index in [-0.39, 0.29) is 18.2 Å². The molecule has 0 aliphatic carbocycles. The summed E-state index contributed by atoms with van der Waals surface area (Å²) >= 11 is 0. The van der Waals surface area contributed by atoms with Gasteiger partial charge in [-0.3, -0.25) is 19.5 Å². The van der Waals surface area contributed by atoms with Gasteiger partial charge >= 0.3 is 5.97 Å². The van der Waals surface area contributed by atoms with Crippen LogP contribution in [0.1, 0.15) is 60.2 Å². The van der Waals surface area contributed by atoms with E-state index in [1.54, 1.807) is 32.2 Å². The van der Waals surface area contributed by atoms with Gasteiger partial charge < -0.3 is 20.1 Å². The van der Waals surface area contributed by atoms with Gasteiger partial charge in [0.2, 0.25) is 5.82 Å². The van der Waals surface area contributed by atoms with Crippen molar-refractivity contribution in [3.8, 4) is 17.6 Å². The number of fused-ring (bicyclic) bond motifs is 1. The zero-order chi connectivity index (χ0) is 27.1. The molecule has 196 valence electrons. The highest BCUT2D eigenvalue weighted by Crippen LogP contribution is 2.33. The van der Waals surface area contributed by atoms with Crippen molar-refractivity contribution >= 4 is 23.5 Å². The zero-order valence-corrected chi connectivity index (χ0v) is 21.2. The van der Waals surface area contributed by atoms with Crippen LogP contribution in [0.4, 0.5) is 5.69 Å². The summed E-state index contributed by atoms with van der Waals surface area (Å²) in [4.78, 5) is 42.6. The number of aliphatic carboxylic acids is 1. The zero-order valence-electron chi connectivity index (χ0n) is 21.2. The number of carbonyl (C=O) groups excluding carboxylic acids is 2. The maximum absolute atomic E-state index is 13.3. The van der Waals surface area contributed by atoms with E-state index in [4.69, 9.17) is 9.84 Å². The Morgan fingerprint density at radius 2 is 1.97 bits per heavy atom. The smallest absolute Gasteiger partial charge is 0.303 e. The molecule has 0 spiro atoms. The number of hydrogen-bond acceptors (Lipinski definition) is 6. The molecule has 0 unspecified atom stereocenters. The van der Waals surface area contributed by atoms with Crippen LogP contribution in [0, 0.1) is 11.8 Å². The molecule has 2 aromatic carbocycles. The average molecular weight is 516 g/mol. The van der Waals surface area contributed by atoms with Crippen molar-refractivity contribution in [1.29, 1.82) is 0 Å². The number of anilines is 1. The maximum atomic E-state index is 13.3. The number of H-pyrrole nitrogens is 1. The summed E-state index contributed by atoms with van der Waals surface area (Å²) in [5.74, 6) is 5.35. The fourth-order valence-corrected chi connectivity index (χ4v) is 4.06. The lowest BCUT2D eigenvalue weighted by atomic mass is 10.1. The fourth-order valence-electron chi connectivity index (χ4n) is 4.06. The quantitative estimate of drug-likeness (QED) is 0.310. The van der Waals surface area contributed by atoms with Crippen molar-refractivity contribution in [2.24, 2.45) is 0 Å². The van der Waals surface area contributed by atoms with E-state index in [0.717, 1.165) is 5.56 Å². The third kappa shape index (κ3) is 6.56. The SMILES string of the molecule is C[C@H]1Oc2ccc(C#CCCCCC(=O)O)cc2N(C)C(=O)[C@H]1NC(=O)c1n[nH]c(Cc2ccccc2)n1. The Hall–Kier alpha value is -4.65. The van der Waals surface area contributed by atoms with E-state index in [1.807, 2.05) is 30.3 Å². The molecule has 3 aromatic rings. The van der Waals surface area contributed by atoms with E-state index >= 15 is 0 Å². The minimum Gasteiger partial charge on any atom is -0.486 e. The fraction of sp³-hybridized carbons (Fsp3) is 0.321. The molecular weight excluding hydrogens is 486 g/mol. The van der Waals surface area contributed by atoms with Gasteiger partial charge in [0.1, 0.15) is 23.7 Å². The third-order valence-corrected chi connectivity index (χ3v) is 6.11. The van der Waals surface area contributed by atoms with E-state index in [1.165, 1.54) is 4.90 Å². The summed E-state index contributed by atoms with van der Waals surface area (Å²) in [6, 6.07) is 14.0. The Morgan fingerprint density at radius 3 is 2.74 bits per heavy atom. The van der Waals surface area contributed by atoms with Crippen LogP contribution in [0.15, 0.2) is 48.5 Å². The normalized spacial score (nSPS) is 16.5. The molecular formula is C28H29N5O5. The number of ether oxygens (including phenoxy) is 1. The van der Waals surface area contributed by atoms with Crippen molar-refractivity contribution in [1.82, 2.24) is 20.5 Å². The van der Waals surface area contributed by atoms with Crippen LogP contribution in [0.3, 0.4) is 0 Å². The minimum atomic E-state index is -0.959. The lowest BCUT2D eigenvalue weighted by molar-refractivity contribution is -0.137. The summed E-state index contributed by atoms with van der Waals surface area (Å²) in [6.45, 7) is 1.72. The van der Waals surface area contributed by atoms with Crippen LogP contribution >= 0.6 is 0 Å². The largest absolute Gasteiger partial charge is 0.486 e. The van der Waals surface area contributed by atoms with Gasteiger partial charge in [0.15, 0.2) is 0 Å². The highest BCUT2D eigenvalue weighted by atomic mass is 16.5. The molecule has 10 nitrogen and oxygen atoms in total. The second-order valence-electron chi connectivity index (χ2n) is 9.02. The highest BCUT2D eigenvalue weighted by molar-refractivity contribution is 6.02.